The molecule has 0 saturated heterocycles. The van der Waals surface area contributed by atoms with Crippen molar-refractivity contribution in [1.82, 2.24) is 10.6 Å². The van der Waals surface area contributed by atoms with Gasteiger partial charge in [-0.3, -0.25) is 0 Å². The molecule has 0 aliphatic carbocycles. The smallest absolute Gasteiger partial charge is 0.134 e. The Kier molecular flexibility index (Phi) is 6.45. The van der Waals surface area contributed by atoms with Gasteiger partial charge in [0.2, 0.25) is 0 Å². The molecule has 0 saturated carbocycles. The highest BCUT2D eigenvalue weighted by molar-refractivity contribution is 9.10. The molecular formula is C16H21BrN2O2. The van der Waals surface area contributed by atoms with Gasteiger partial charge in [-0.15, -0.1) is 0 Å². The van der Waals surface area contributed by atoms with Gasteiger partial charge in [-0.1, -0.05) is 28.1 Å². The van der Waals surface area contributed by atoms with E-state index in [1.54, 1.807) is 6.92 Å². The fourth-order valence-electron chi connectivity index (χ4n) is 1.94. The first-order valence-electron chi connectivity index (χ1n) is 7.09. The van der Waals surface area contributed by atoms with Gasteiger partial charge in [-0.25, -0.2) is 0 Å². The van der Waals surface area contributed by atoms with Crippen molar-refractivity contribution in [2.75, 3.05) is 19.6 Å². The first-order valence-corrected chi connectivity index (χ1v) is 7.88. The molecule has 1 heterocycles. The third-order valence-electron chi connectivity index (χ3n) is 3.01. The summed E-state index contributed by atoms with van der Waals surface area (Å²) >= 11 is 3.42. The number of hydrogen-bond donors (Lipinski definition) is 3. The lowest BCUT2D eigenvalue weighted by Gasteiger charge is -2.07. The second-order valence-corrected chi connectivity index (χ2v) is 5.92. The van der Waals surface area contributed by atoms with Gasteiger partial charge in [0.05, 0.1) is 12.6 Å². The second-order valence-electron chi connectivity index (χ2n) is 5.00. The zero-order valence-electron chi connectivity index (χ0n) is 12.1. The highest BCUT2D eigenvalue weighted by Crippen LogP contribution is 2.23. The molecular weight excluding hydrogens is 332 g/mol. The van der Waals surface area contributed by atoms with Crippen LogP contribution in [0.2, 0.25) is 0 Å². The predicted octanol–water partition coefficient (Wildman–Crippen LogP) is 2.77. The van der Waals surface area contributed by atoms with Gasteiger partial charge < -0.3 is 20.2 Å². The van der Waals surface area contributed by atoms with Crippen molar-refractivity contribution in [3.05, 3.63) is 46.6 Å². The molecule has 0 spiro atoms. The molecule has 0 aliphatic rings. The van der Waals surface area contributed by atoms with E-state index in [-0.39, 0.29) is 6.10 Å². The normalized spacial score (nSPS) is 12.5. The summed E-state index contributed by atoms with van der Waals surface area (Å²) in [5.41, 5.74) is 1.07. The molecule has 2 rings (SSSR count). The average molecular weight is 353 g/mol. The van der Waals surface area contributed by atoms with Crippen molar-refractivity contribution in [2.24, 2.45) is 0 Å². The Hall–Kier alpha value is -1.14. The minimum absolute atomic E-state index is 0.302. The summed E-state index contributed by atoms with van der Waals surface area (Å²) in [6.07, 6.45) is -0.302. The largest absolute Gasteiger partial charge is 0.460 e. The fourth-order valence-corrected chi connectivity index (χ4v) is 2.21. The standard InChI is InChI=1S/C16H21BrN2O2/c1-12(20)10-18-8-9-19-11-15-6-7-16(21-15)13-2-4-14(17)5-3-13/h2-7,12,18-20H,8-11H2,1H3. The fraction of sp³-hybridized carbons (Fsp3) is 0.375. The third kappa shape index (κ3) is 5.63. The van der Waals surface area contributed by atoms with Crippen molar-refractivity contribution >= 4 is 15.9 Å². The first-order chi connectivity index (χ1) is 10.1. The maximum absolute atomic E-state index is 9.11. The molecule has 0 fully saturated rings. The molecule has 1 unspecified atom stereocenters. The Morgan fingerprint density at radius 3 is 2.52 bits per heavy atom. The second kappa shape index (κ2) is 8.34. The van der Waals surface area contributed by atoms with E-state index < -0.39 is 0 Å². The van der Waals surface area contributed by atoms with E-state index in [0.717, 1.165) is 34.6 Å². The number of hydrogen-bond acceptors (Lipinski definition) is 4. The summed E-state index contributed by atoms with van der Waals surface area (Å²) < 4.78 is 6.88. The molecule has 0 bridgehead atoms. The van der Waals surface area contributed by atoms with Crippen molar-refractivity contribution in [3.63, 3.8) is 0 Å². The molecule has 2 aromatic rings. The summed E-state index contributed by atoms with van der Waals surface area (Å²) in [5, 5.41) is 15.6. The average Bonchev–Trinajstić information content (AvgIpc) is 2.92. The Balaban J connectivity index is 1.74. The summed E-state index contributed by atoms with van der Waals surface area (Å²) in [4.78, 5) is 0. The van der Waals surface area contributed by atoms with E-state index in [9.17, 15) is 0 Å². The molecule has 1 aromatic heterocycles. The number of halogens is 1. The van der Waals surface area contributed by atoms with Crippen molar-refractivity contribution in [2.45, 2.75) is 19.6 Å². The van der Waals surface area contributed by atoms with Crippen molar-refractivity contribution in [1.29, 1.82) is 0 Å². The number of aliphatic hydroxyl groups excluding tert-OH is 1. The zero-order chi connectivity index (χ0) is 15.1. The highest BCUT2D eigenvalue weighted by atomic mass is 79.9. The Labute approximate surface area is 133 Å². The van der Waals surface area contributed by atoms with Gasteiger partial charge in [0, 0.05) is 29.7 Å². The quantitative estimate of drug-likeness (QED) is 0.639. The lowest BCUT2D eigenvalue weighted by Crippen LogP contribution is -2.31. The molecule has 5 heteroatoms. The molecule has 4 nitrogen and oxygen atoms in total. The third-order valence-corrected chi connectivity index (χ3v) is 3.54. The highest BCUT2D eigenvalue weighted by Gasteiger charge is 2.04. The van der Waals surface area contributed by atoms with Crippen molar-refractivity contribution < 1.29 is 9.52 Å². The minimum atomic E-state index is -0.302. The van der Waals surface area contributed by atoms with Crippen LogP contribution in [0.1, 0.15) is 12.7 Å². The molecule has 21 heavy (non-hydrogen) atoms. The molecule has 1 atom stereocenters. The summed E-state index contributed by atoms with van der Waals surface area (Å²) in [6.45, 7) is 4.75. The lowest BCUT2D eigenvalue weighted by atomic mass is 10.2. The number of aliphatic hydroxyl groups is 1. The van der Waals surface area contributed by atoms with Crippen LogP contribution in [-0.4, -0.2) is 30.8 Å². The van der Waals surface area contributed by atoms with Gasteiger partial charge >= 0.3 is 0 Å². The first kappa shape index (κ1) is 16.2. The summed E-state index contributed by atoms with van der Waals surface area (Å²) in [7, 11) is 0. The van der Waals surface area contributed by atoms with Gasteiger partial charge in [-0.2, -0.15) is 0 Å². The van der Waals surface area contributed by atoms with E-state index in [0.29, 0.717) is 13.1 Å². The van der Waals surface area contributed by atoms with Crippen LogP contribution in [0.3, 0.4) is 0 Å². The van der Waals surface area contributed by atoms with Crippen LogP contribution < -0.4 is 10.6 Å². The predicted molar refractivity (Wildman–Crippen MR) is 88.1 cm³/mol. The van der Waals surface area contributed by atoms with Crippen LogP contribution in [0.25, 0.3) is 11.3 Å². The number of rotatable bonds is 8. The minimum Gasteiger partial charge on any atom is -0.460 e. The Morgan fingerprint density at radius 2 is 1.81 bits per heavy atom. The summed E-state index contributed by atoms with van der Waals surface area (Å²) in [5.74, 6) is 1.80. The maximum atomic E-state index is 9.11. The topological polar surface area (TPSA) is 57.4 Å². The van der Waals surface area contributed by atoms with Gasteiger partial charge in [0.1, 0.15) is 11.5 Å². The number of nitrogens with one attached hydrogen (secondary N) is 2. The van der Waals surface area contributed by atoms with Crippen molar-refractivity contribution in [3.8, 4) is 11.3 Å². The van der Waals surface area contributed by atoms with E-state index in [1.165, 1.54) is 0 Å². The Morgan fingerprint density at radius 1 is 1.10 bits per heavy atom. The number of furan rings is 1. The van der Waals surface area contributed by atoms with Gasteiger partial charge in [0.15, 0.2) is 0 Å². The molecule has 0 amide bonds. The Bertz CT molecular complexity index is 537. The molecule has 114 valence electrons. The van der Waals surface area contributed by atoms with Crippen LogP contribution in [0.4, 0.5) is 0 Å². The van der Waals surface area contributed by atoms with E-state index in [2.05, 4.69) is 26.6 Å². The summed E-state index contributed by atoms with van der Waals surface area (Å²) in [6, 6.07) is 12.0. The van der Waals surface area contributed by atoms with Crippen LogP contribution in [0.15, 0.2) is 45.3 Å². The monoisotopic (exact) mass is 352 g/mol. The van der Waals surface area contributed by atoms with Gasteiger partial charge in [0.25, 0.3) is 0 Å². The molecule has 1 aromatic carbocycles. The van der Waals surface area contributed by atoms with E-state index in [4.69, 9.17) is 9.52 Å². The zero-order valence-corrected chi connectivity index (χ0v) is 13.7. The van der Waals surface area contributed by atoms with Gasteiger partial charge in [-0.05, 0) is 31.2 Å². The van der Waals surface area contributed by atoms with Crippen LogP contribution >= 0.6 is 15.9 Å². The molecule has 0 radical (unpaired) electrons. The SMILES string of the molecule is CC(O)CNCCNCc1ccc(-c2ccc(Br)cc2)o1. The number of benzene rings is 1. The molecule has 3 N–H and O–H groups in total. The lowest BCUT2D eigenvalue weighted by molar-refractivity contribution is 0.191. The van der Waals surface area contributed by atoms with E-state index in [1.807, 2.05) is 36.4 Å². The van der Waals surface area contributed by atoms with Crippen LogP contribution in [-0.2, 0) is 6.54 Å². The maximum Gasteiger partial charge on any atom is 0.134 e. The molecule has 0 aliphatic heterocycles. The van der Waals surface area contributed by atoms with E-state index >= 15 is 0 Å². The van der Waals surface area contributed by atoms with Crippen LogP contribution in [0.5, 0.6) is 0 Å². The van der Waals surface area contributed by atoms with Crippen LogP contribution in [0, 0.1) is 0 Å².